The number of allylic oxidation sites excluding steroid dienone is 2. The van der Waals surface area contributed by atoms with Gasteiger partial charge in [-0.25, -0.2) is 5.01 Å². The molecule has 0 spiro atoms. The zero-order chi connectivity index (χ0) is 18.9. The van der Waals surface area contributed by atoms with Crippen molar-refractivity contribution in [2.45, 2.75) is 20.0 Å². The first-order valence-corrected chi connectivity index (χ1v) is 8.74. The summed E-state index contributed by atoms with van der Waals surface area (Å²) in [7, 11) is 5.91. The number of ether oxygens (including phenoxy) is 2. The number of hydrogen-bond donors (Lipinski definition) is 0. The number of rotatable bonds is 9. The van der Waals surface area contributed by atoms with Crippen molar-refractivity contribution in [2.75, 3.05) is 21.1 Å². The molecule has 0 radical (unpaired) electrons. The van der Waals surface area contributed by atoms with Crippen LogP contribution in [0.3, 0.4) is 0 Å². The van der Waals surface area contributed by atoms with Crippen LogP contribution in [0.5, 0.6) is 11.5 Å². The van der Waals surface area contributed by atoms with E-state index < -0.39 is 0 Å². The van der Waals surface area contributed by atoms with Gasteiger partial charge in [0.25, 0.3) is 0 Å². The Bertz CT molecular complexity index is 722. The number of benzene rings is 2. The summed E-state index contributed by atoms with van der Waals surface area (Å²) in [4.78, 5) is 0. The van der Waals surface area contributed by atoms with E-state index in [2.05, 4.69) is 13.5 Å². The lowest BCUT2D eigenvalue weighted by atomic mass is 10.2. The van der Waals surface area contributed by atoms with E-state index >= 15 is 0 Å². The SMILES string of the molecule is C=C(/C=C(\CC)Oc1ccc(OCc2ccccc2)cc1)N(C)N(C)C. The van der Waals surface area contributed by atoms with E-state index in [0.717, 1.165) is 34.9 Å². The summed E-state index contributed by atoms with van der Waals surface area (Å²) in [6.45, 7) is 6.70. The maximum absolute atomic E-state index is 5.98. The number of likely N-dealkylation sites (N-methyl/N-ethyl adjacent to an activating group) is 1. The topological polar surface area (TPSA) is 24.9 Å². The van der Waals surface area contributed by atoms with Crippen molar-refractivity contribution in [3.8, 4) is 11.5 Å². The molecule has 0 N–H and O–H groups in total. The van der Waals surface area contributed by atoms with Crippen LogP contribution < -0.4 is 9.47 Å². The van der Waals surface area contributed by atoms with E-state index in [1.165, 1.54) is 0 Å². The van der Waals surface area contributed by atoms with Crippen molar-refractivity contribution >= 4 is 0 Å². The van der Waals surface area contributed by atoms with Gasteiger partial charge in [0.1, 0.15) is 23.9 Å². The summed E-state index contributed by atoms with van der Waals surface area (Å²) in [5.41, 5.74) is 2.02. The first-order chi connectivity index (χ1) is 12.5. The molecular weight excluding hydrogens is 324 g/mol. The maximum atomic E-state index is 5.98. The van der Waals surface area contributed by atoms with Crippen molar-refractivity contribution in [1.29, 1.82) is 0 Å². The number of hydrazine groups is 1. The third-order valence-electron chi connectivity index (χ3n) is 4.01. The molecule has 2 aromatic carbocycles. The number of hydrogen-bond acceptors (Lipinski definition) is 4. The Balaban J connectivity index is 1.95. The van der Waals surface area contributed by atoms with E-state index in [1.807, 2.05) is 91.8 Å². The second kappa shape index (κ2) is 9.68. The molecule has 0 aromatic heterocycles. The molecule has 0 amide bonds. The van der Waals surface area contributed by atoms with Crippen LogP contribution in [0.1, 0.15) is 18.9 Å². The van der Waals surface area contributed by atoms with Crippen LogP contribution in [0.15, 0.2) is 78.7 Å². The Morgan fingerprint density at radius 1 is 0.962 bits per heavy atom. The molecule has 4 heteroatoms. The lowest BCUT2D eigenvalue weighted by Crippen LogP contribution is -2.31. The predicted molar refractivity (Wildman–Crippen MR) is 107 cm³/mol. The molecular formula is C22H28N2O2. The van der Waals surface area contributed by atoms with Crippen molar-refractivity contribution < 1.29 is 9.47 Å². The smallest absolute Gasteiger partial charge is 0.127 e. The molecule has 4 nitrogen and oxygen atoms in total. The van der Waals surface area contributed by atoms with E-state index in [4.69, 9.17) is 9.47 Å². The normalized spacial score (nSPS) is 11.3. The Kier molecular flexibility index (Phi) is 7.30. The second-order valence-corrected chi connectivity index (χ2v) is 6.17. The summed E-state index contributed by atoms with van der Waals surface area (Å²) in [5, 5.41) is 3.92. The lowest BCUT2D eigenvalue weighted by Gasteiger charge is -2.27. The van der Waals surface area contributed by atoms with Crippen LogP contribution in [-0.4, -0.2) is 31.2 Å². The predicted octanol–water partition coefficient (Wildman–Crippen LogP) is 4.86. The van der Waals surface area contributed by atoms with Crippen molar-refractivity contribution in [3.05, 3.63) is 84.3 Å². The van der Waals surface area contributed by atoms with Gasteiger partial charge in [0.15, 0.2) is 0 Å². The second-order valence-electron chi connectivity index (χ2n) is 6.17. The summed E-state index contributed by atoms with van der Waals surface area (Å²) in [6.07, 6.45) is 2.74. The summed E-state index contributed by atoms with van der Waals surface area (Å²) in [5.74, 6) is 2.46. The molecule has 0 saturated carbocycles. The summed E-state index contributed by atoms with van der Waals surface area (Å²) in [6, 6.07) is 17.8. The molecule has 0 aliphatic rings. The Labute approximate surface area is 156 Å². The van der Waals surface area contributed by atoms with E-state index in [-0.39, 0.29) is 0 Å². The van der Waals surface area contributed by atoms with E-state index in [0.29, 0.717) is 6.61 Å². The molecule has 2 rings (SSSR count). The molecule has 2 aromatic rings. The zero-order valence-electron chi connectivity index (χ0n) is 16.1. The highest BCUT2D eigenvalue weighted by Gasteiger charge is 2.05. The zero-order valence-corrected chi connectivity index (χ0v) is 16.1. The van der Waals surface area contributed by atoms with Crippen LogP contribution in [0.2, 0.25) is 0 Å². The molecule has 26 heavy (non-hydrogen) atoms. The van der Waals surface area contributed by atoms with Crippen LogP contribution in [0, 0.1) is 0 Å². The first kappa shape index (κ1) is 19.6. The van der Waals surface area contributed by atoms with Gasteiger partial charge in [0.2, 0.25) is 0 Å². The van der Waals surface area contributed by atoms with E-state index in [9.17, 15) is 0 Å². The van der Waals surface area contributed by atoms with Crippen molar-refractivity contribution in [1.82, 2.24) is 10.0 Å². The molecule has 0 unspecified atom stereocenters. The molecule has 0 heterocycles. The summed E-state index contributed by atoms with van der Waals surface area (Å²) >= 11 is 0. The van der Waals surface area contributed by atoms with Gasteiger partial charge in [-0.15, -0.1) is 0 Å². The lowest BCUT2D eigenvalue weighted by molar-refractivity contribution is 0.104. The highest BCUT2D eigenvalue weighted by atomic mass is 16.5. The minimum absolute atomic E-state index is 0.553. The Morgan fingerprint density at radius 2 is 1.58 bits per heavy atom. The molecule has 0 bridgehead atoms. The monoisotopic (exact) mass is 352 g/mol. The Hall–Kier alpha value is -2.72. The van der Waals surface area contributed by atoms with E-state index in [1.54, 1.807) is 0 Å². The quantitative estimate of drug-likeness (QED) is 0.365. The highest BCUT2D eigenvalue weighted by Crippen LogP contribution is 2.22. The molecule has 0 aliphatic heterocycles. The molecule has 0 aliphatic carbocycles. The van der Waals surface area contributed by atoms with Crippen LogP contribution in [0.4, 0.5) is 0 Å². The minimum Gasteiger partial charge on any atom is -0.489 e. The average Bonchev–Trinajstić information content (AvgIpc) is 2.66. The van der Waals surface area contributed by atoms with Gasteiger partial charge in [0.05, 0.1) is 0 Å². The standard InChI is InChI=1S/C22H28N2O2/c1-6-20(16-18(2)24(5)23(3)4)26-22-14-12-21(13-15-22)25-17-19-10-8-7-9-11-19/h7-16H,2,6,17H2,1,3-5H3/b20-16+. The minimum atomic E-state index is 0.553. The fourth-order valence-electron chi connectivity index (χ4n) is 2.24. The molecule has 138 valence electrons. The van der Waals surface area contributed by atoms with Crippen LogP contribution in [0.25, 0.3) is 0 Å². The third kappa shape index (κ3) is 5.97. The molecule has 0 atom stereocenters. The largest absolute Gasteiger partial charge is 0.489 e. The van der Waals surface area contributed by atoms with Gasteiger partial charge >= 0.3 is 0 Å². The average molecular weight is 352 g/mol. The van der Waals surface area contributed by atoms with Gasteiger partial charge in [-0.3, -0.25) is 0 Å². The van der Waals surface area contributed by atoms with Gasteiger partial charge in [-0.05, 0) is 29.8 Å². The number of nitrogens with zero attached hydrogens (tertiary/aromatic N) is 2. The van der Waals surface area contributed by atoms with Gasteiger partial charge < -0.3 is 14.5 Å². The first-order valence-electron chi connectivity index (χ1n) is 8.74. The van der Waals surface area contributed by atoms with Gasteiger partial charge in [-0.1, -0.05) is 43.8 Å². The van der Waals surface area contributed by atoms with Crippen LogP contribution in [-0.2, 0) is 6.61 Å². The van der Waals surface area contributed by atoms with Crippen molar-refractivity contribution in [3.63, 3.8) is 0 Å². The fourth-order valence-corrected chi connectivity index (χ4v) is 2.24. The molecule has 0 fully saturated rings. The summed E-state index contributed by atoms with van der Waals surface area (Å²) < 4.78 is 11.8. The van der Waals surface area contributed by atoms with Crippen LogP contribution >= 0.6 is 0 Å². The Morgan fingerprint density at radius 3 is 2.15 bits per heavy atom. The maximum Gasteiger partial charge on any atom is 0.127 e. The molecule has 0 saturated heterocycles. The highest BCUT2D eigenvalue weighted by molar-refractivity contribution is 5.33. The van der Waals surface area contributed by atoms with Crippen molar-refractivity contribution in [2.24, 2.45) is 0 Å². The van der Waals surface area contributed by atoms with Gasteiger partial charge in [-0.2, -0.15) is 0 Å². The van der Waals surface area contributed by atoms with Gasteiger partial charge in [0, 0.05) is 39.3 Å². The fraction of sp³-hybridized carbons (Fsp3) is 0.273. The third-order valence-corrected chi connectivity index (χ3v) is 4.01.